The van der Waals surface area contributed by atoms with Gasteiger partial charge in [0.05, 0.1) is 25.4 Å². The predicted molar refractivity (Wildman–Crippen MR) is 61.2 cm³/mol. The third kappa shape index (κ3) is 3.73. The maximum atomic E-state index is 11.9. The number of hydrogen-bond donors (Lipinski definition) is 1. The largest absolute Gasteiger partial charge is 0.394 e. The normalized spacial score (nSPS) is 26.2. The van der Waals surface area contributed by atoms with Crippen LogP contribution in [-0.2, 0) is 9.53 Å². The first kappa shape index (κ1) is 13.4. The second-order valence-electron chi connectivity index (χ2n) is 4.59. The number of hydrogen-bond acceptors (Lipinski definition) is 4. The molecule has 2 unspecified atom stereocenters. The van der Waals surface area contributed by atoms with Gasteiger partial charge >= 0.3 is 0 Å². The van der Waals surface area contributed by atoms with E-state index in [1.807, 2.05) is 30.8 Å². The molecule has 5 nitrogen and oxygen atoms in total. The van der Waals surface area contributed by atoms with E-state index in [0.717, 1.165) is 6.54 Å². The molecule has 1 aliphatic heterocycles. The molecule has 1 amide bonds. The minimum Gasteiger partial charge on any atom is -0.394 e. The molecule has 0 aromatic carbocycles. The Balaban J connectivity index is 2.45. The van der Waals surface area contributed by atoms with Crippen LogP contribution in [0.4, 0.5) is 0 Å². The molecule has 1 rings (SSSR count). The first-order chi connectivity index (χ1) is 7.54. The minimum atomic E-state index is -0.223. The Hall–Kier alpha value is -0.650. The first-order valence-electron chi connectivity index (χ1n) is 5.71. The number of amides is 1. The van der Waals surface area contributed by atoms with Crippen molar-refractivity contribution in [2.75, 3.05) is 40.4 Å². The molecule has 0 aromatic rings. The van der Waals surface area contributed by atoms with E-state index < -0.39 is 0 Å². The molecule has 5 heteroatoms. The van der Waals surface area contributed by atoms with Gasteiger partial charge in [0.15, 0.2) is 0 Å². The van der Waals surface area contributed by atoms with Crippen molar-refractivity contribution in [1.82, 2.24) is 9.80 Å². The van der Waals surface area contributed by atoms with Crippen molar-refractivity contribution in [3.63, 3.8) is 0 Å². The molecule has 0 aromatic heterocycles. The SMILES string of the molecule is CC1COC(CO)CN1C(=O)CCN(C)C. The van der Waals surface area contributed by atoms with Gasteiger partial charge in [-0.3, -0.25) is 4.79 Å². The summed E-state index contributed by atoms with van der Waals surface area (Å²) in [6.45, 7) is 3.72. The van der Waals surface area contributed by atoms with E-state index in [1.54, 1.807) is 0 Å². The third-order valence-electron chi connectivity index (χ3n) is 2.80. The van der Waals surface area contributed by atoms with E-state index in [2.05, 4.69) is 0 Å². The minimum absolute atomic E-state index is 0.0236. The van der Waals surface area contributed by atoms with Crippen molar-refractivity contribution in [3.8, 4) is 0 Å². The highest BCUT2D eigenvalue weighted by atomic mass is 16.5. The van der Waals surface area contributed by atoms with Crippen molar-refractivity contribution in [2.45, 2.75) is 25.5 Å². The zero-order valence-corrected chi connectivity index (χ0v) is 10.3. The number of rotatable bonds is 4. The number of carbonyl (C=O) groups is 1. The van der Waals surface area contributed by atoms with Gasteiger partial charge in [-0.1, -0.05) is 0 Å². The van der Waals surface area contributed by atoms with E-state index in [1.165, 1.54) is 0 Å². The Morgan fingerprint density at radius 3 is 2.81 bits per heavy atom. The van der Waals surface area contributed by atoms with Crippen LogP contribution in [0.2, 0.25) is 0 Å². The molecule has 1 heterocycles. The fraction of sp³-hybridized carbons (Fsp3) is 0.909. The molecular weight excluding hydrogens is 208 g/mol. The lowest BCUT2D eigenvalue weighted by Crippen LogP contribution is -2.52. The maximum absolute atomic E-state index is 11.9. The van der Waals surface area contributed by atoms with Crippen molar-refractivity contribution in [2.24, 2.45) is 0 Å². The lowest BCUT2D eigenvalue weighted by Gasteiger charge is -2.37. The van der Waals surface area contributed by atoms with Gasteiger partial charge in [0.2, 0.25) is 5.91 Å². The molecule has 0 bridgehead atoms. The average molecular weight is 230 g/mol. The van der Waals surface area contributed by atoms with E-state index in [0.29, 0.717) is 19.6 Å². The summed E-state index contributed by atoms with van der Waals surface area (Å²) in [5.41, 5.74) is 0. The highest BCUT2D eigenvalue weighted by Gasteiger charge is 2.28. The molecule has 1 saturated heterocycles. The molecule has 0 spiro atoms. The fourth-order valence-corrected chi connectivity index (χ4v) is 1.74. The van der Waals surface area contributed by atoms with Gasteiger partial charge in [-0.2, -0.15) is 0 Å². The third-order valence-corrected chi connectivity index (χ3v) is 2.80. The number of morpholine rings is 1. The summed E-state index contributed by atoms with van der Waals surface area (Å²) in [6.07, 6.45) is 0.301. The average Bonchev–Trinajstić information content (AvgIpc) is 2.26. The summed E-state index contributed by atoms with van der Waals surface area (Å²) >= 11 is 0. The topological polar surface area (TPSA) is 53.0 Å². The van der Waals surface area contributed by atoms with Crippen molar-refractivity contribution < 1.29 is 14.6 Å². The molecule has 1 N–H and O–H groups in total. The first-order valence-corrected chi connectivity index (χ1v) is 5.71. The second-order valence-corrected chi connectivity index (χ2v) is 4.59. The van der Waals surface area contributed by atoms with Crippen LogP contribution in [0, 0.1) is 0 Å². The molecular formula is C11H22N2O3. The van der Waals surface area contributed by atoms with Gasteiger partial charge < -0.3 is 19.6 Å². The van der Waals surface area contributed by atoms with Crippen LogP contribution in [-0.4, -0.2) is 73.4 Å². The Morgan fingerprint density at radius 2 is 2.25 bits per heavy atom. The van der Waals surface area contributed by atoms with Crippen LogP contribution in [0.1, 0.15) is 13.3 Å². The maximum Gasteiger partial charge on any atom is 0.224 e. The fourth-order valence-electron chi connectivity index (χ4n) is 1.74. The van der Waals surface area contributed by atoms with Gasteiger partial charge in [0, 0.05) is 19.5 Å². The Kier molecular flexibility index (Phi) is 5.18. The van der Waals surface area contributed by atoms with Crippen molar-refractivity contribution in [3.05, 3.63) is 0 Å². The second kappa shape index (κ2) is 6.18. The monoisotopic (exact) mass is 230 g/mol. The van der Waals surface area contributed by atoms with E-state index >= 15 is 0 Å². The number of carbonyl (C=O) groups excluding carboxylic acids is 1. The summed E-state index contributed by atoms with van der Waals surface area (Å²) in [4.78, 5) is 15.7. The molecule has 1 aliphatic rings. The van der Waals surface area contributed by atoms with Gasteiger partial charge in [0.1, 0.15) is 0 Å². The zero-order valence-electron chi connectivity index (χ0n) is 10.3. The number of ether oxygens (including phenoxy) is 1. The van der Waals surface area contributed by atoms with Crippen LogP contribution in [0.15, 0.2) is 0 Å². The Labute approximate surface area is 97.0 Å². The summed E-state index contributed by atoms with van der Waals surface area (Å²) in [5.74, 6) is 0.142. The predicted octanol–water partition coefficient (Wildman–Crippen LogP) is -0.454. The highest BCUT2D eigenvalue weighted by molar-refractivity contribution is 5.76. The zero-order chi connectivity index (χ0) is 12.1. The molecule has 1 fully saturated rings. The molecule has 0 radical (unpaired) electrons. The van der Waals surface area contributed by atoms with E-state index in [4.69, 9.17) is 9.84 Å². The highest BCUT2D eigenvalue weighted by Crippen LogP contribution is 2.12. The van der Waals surface area contributed by atoms with Gasteiger partial charge in [-0.05, 0) is 21.0 Å². The standard InChI is InChI=1S/C11H22N2O3/c1-9-8-16-10(7-14)6-13(9)11(15)4-5-12(2)3/h9-10,14H,4-8H2,1-3H3. The lowest BCUT2D eigenvalue weighted by atomic mass is 10.2. The summed E-state index contributed by atoms with van der Waals surface area (Å²) in [6, 6.07) is 0.109. The number of aliphatic hydroxyl groups excluding tert-OH is 1. The summed E-state index contributed by atoms with van der Waals surface area (Å²) in [7, 11) is 3.90. The number of aliphatic hydroxyl groups is 1. The smallest absolute Gasteiger partial charge is 0.224 e. The van der Waals surface area contributed by atoms with Gasteiger partial charge in [-0.25, -0.2) is 0 Å². The van der Waals surface area contributed by atoms with Gasteiger partial charge in [-0.15, -0.1) is 0 Å². The van der Waals surface area contributed by atoms with E-state index in [-0.39, 0.29) is 24.7 Å². The summed E-state index contributed by atoms with van der Waals surface area (Å²) in [5, 5.41) is 9.02. The van der Waals surface area contributed by atoms with Crippen LogP contribution in [0.25, 0.3) is 0 Å². The lowest BCUT2D eigenvalue weighted by molar-refractivity contribution is -0.146. The summed E-state index contributed by atoms with van der Waals surface area (Å²) < 4.78 is 5.39. The molecule has 16 heavy (non-hydrogen) atoms. The van der Waals surface area contributed by atoms with Crippen LogP contribution in [0.3, 0.4) is 0 Å². The molecule has 0 aliphatic carbocycles. The van der Waals surface area contributed by atoms with E-state index in [9.17, 15) is 4.79 Å². The van der Waals surface area contributed by atoms with Crippen LogP contribution >= 0.6 is 0 Å². The molecule has 94 valence electrons. The number of nitrogens with zero attached hydrogens (tertiary/aromatic N) is 2. The Morgan fingerprint density at radius 1 is 1.56 bits per heavy atom. The van der Waals surface area contributed by atoms with Crippen molar-refractivity contribution >= 4 is 5.91 Å². The van der Waals surface area contributed by atoms with Crippen LogP contribution in [0.5, 0.6) is 0 Å². The van der Waals surface area contributed by atoms with Gasteiger partial charge in [0.25, 0.3) is 0 Å². The quantitative estimate of drug-likeness (QED) is 0.710. The van der Waals surface area contributed by atoms with Crippen molar-refractivity contribution in [1.29, 1.82) is 0 Å². The molecule has 2 atom stereocenters. The Bertz CT molecular complexity index is 233. The van der Waals surface area contributed by atoms with Crippen LogP contribution < -0.4 is 0 Å². The molecule has 0 saturated carbocycles.